The average Bonchev–Trinajstić information content (AvgIpc) is 3.28. The minimum Gasteiger partial charge on any atom is -0.355 e. The largest absolute Gasteiger partial charge is 0.393 e. The summed E-state index contributed by atoms with van der Waals surface area (Å²) in [7, 11) is 0. The number of nitrogens with one attached hydrogen (secondary N) is 1. The number of hydrogen-bond acceptors (Lipinski definition) is 5. The summed E-state index contributed by atoms with van der Waals surface area (Å²) in [6, 6.07) is 12.6. The molecule has 1 aliphatic heterocycles. The van der Waals surface area contributed by atoms with Gasteiger partial charge in [-0.1, -0.05) is 30.3 Å². The molecule has 0 amide bonds. The lowest BCUT2D eigenvalue weighted by atomic mass is 9.65. The summed E-state index contributed by atoms with van der Waals surface area (Å²) in [5, 5.41) is 4.41. The second kappa shape index (κ2) is 7.74. The lowest BCUT2D eigenvalue weighted by molar-refractivity contribution is -0.126. The van der Waals surface area contributed by atoms with Gasteiger partial charge in [-0.05, 0) is 43.2 Å². The molecule has 0 unspecified atom stereocenters. The van der Waals surface area contributed by atoms with Gasteiger partial charge in [0.2, 0.25) is 0 Å². The van der Waals surface area contributed by atoms with E-state index < -0.39 is 12.6 Å². The lowest BCUT2D eigenvalue weighted by Crippen LogP contribution is -2.50. The summed E-state index contributed by atoms with van der Waals surface area (Å²) in [6.45, 7) is 4.49. The summed E-state index contributed by atoms with van der Waals surface area (Å²) < 4.78 is 38.6. The second-order valence-electron chi connectivity index (χ2n) is 8.96. The highest BCUT2D eigenvalue weighted by Gasteiger charge is 2.48. The Morgan fingerprint density at radius 2 is 1.97 bits per heavy atom. The molecule has 2 aliphatic rings. The summed E-state index contributed by atoms with van der Waals surface area (Å²) in [5.41, 5.74) is 1.58. The Kier molecular flexibility index (Phi) is 5.17. The third-order valence-corrected chi connectivity index (χ3v) is 7.47. The number of nitrogens with zero attached hydrogens (tertiary/aromatic N) is 3. The van der Waals surface area contributed by atoms with Crippen molar-refractivity contribution in [1.29, 1.82) is 0 Å². The van der Waals surface area contributed by atoms with Gasteiger partial charge in [0.25, 0.3) is 0 Å². The van der Waals surface area contributed by atoms with Crippen LogP contribution in [0.4, 0.5) is 19.0 Å². The van der Waals surface area contributed by atoms with Crippen molar-refractivity contribution in [3.8, 4) is 0 Å². The van der Waals surface area contributed by atoms with E-state index in [4.69, 9.17) is 0 Å². The minimum absolute atomic E-state index is 0.282. The van der Waals surface area contributed by atoms with E-state index in [-0.39, 0.29) is 5.41 Å². The molecule has 3 aromatic rings. The molecule has 1 N–H and O–H groups in total. The van der Waals surface area contributed by atoms with Gasteiger partial charge in [-0.15, -0.1) is 11.3 Å². The smallest absolute Gasteiger partial charge is 0.355 e. The van der Waals surface area contributed by atoms with Crippen molar-refractivity contribution in [1.82, 2.24) is 15.3 Å². The van der Waals surface area contributed by atoms with E-state index in [1.807, 2.05) is 13.0 Å². The van der Waals surface area contributed by atoms with E-state index in [1.54, 1.807) is 6.07 Å². The van der Waals surface area contributed by atoms with Gasteiger partial charge >= 0.3 is 6.18 Å². The number of anilines is 1. The lowest BCUT2D eigenvalue weighted by Gasteiger charge is -2.45. The van der Waals surface area contributed by atoms with Gasteiger partial charge in [0.15, 0.2) is 0 Å². The van der Waals surface area contributed by atoms with E-state index in [0.29, 0.717) is 21.6 Å². The molecule has 164 valence electrons. The Balaban J connectivity index is 1.27. The molecular formula is C23H25F3N4S. The number of fused-ring (bicyclic) bond motifs is 1. The molecule has 2 fully saturated rings. The first-order valence-corrected chi connectivity index (χ1v) is 11.5. The molecule has 3 heterocycles. The van der Waals surface area contributed by atoms with Crippen LogP contribution in [0.3, 0.4) is 0 Å². The molecule has 0 bridgehead atoms. The van der Waals surface area contributed by atoms with Gasteiger partial charge in [0.1, 0.15) is 16.5 Å². The van der Waals surface area contributed by atoms with Gasteiger partial charge in [-0.3, -0.25) is 0 Å². The van der Waals surface area contributed by atoms with Crippen LogP contribution in [-0.2, 0) is 13.0 Å². The molecular weight excluding hydrogens is 421 g/mol. The number of rotatable bonds is 5. The van der Waals surface area contributed by atoms with Crippen molar-refractivity contribution in [3.63, 3.8) is 0 Å². The maximum absolute atomic E-state index is 12.9. The first-order valence-electron chi connectivity index (χ1n) is 10.6. The molecule has 1 aromatic carbocycles. The van der Waals surface area contributed by atoms with Crippen LogP contribution in [0.25, 0.3) is 10.2 Å². The van der Waals surface area contributed by atoms with E-state index in [1.165, 1.54) is 5.56 Å². The third kappa shape index (κ3) is 4.41. The fraction of sp³-hybridized carbons (Fsp3) is 0.478. The molecule has 1 aliphatic carbocycles. The van der Waals surface area contributed by atoms with Crippen LogP contribution in [-0.4, -0.2) is 35.3 Å². The predicted molar refractivity (Wildman–Crippen MR) is 117 cm³/mol. The van der Waals surface area contributed by atoms with Gasteiger partial charge in [0, 0.05) is 30.6 Å². The molecule has 5 rings (SSSR count). The van der Waals surface area contributed by atoms with Crippen molar-refractivity contribution < 1.29 is 13.2 Å². The van der Waals surface area contributed by atoms with Crippen molar-refractivity contribution >= 4 is 27.4 Å². The maximum Gasteiger partial charge on any atom is 0.393 e. The molecule has 31 heavy (non-hydrogen) atoms. The molecule has 0 atom stereocenters. The summed E-state index contributed by atoms with van der Waals surface area (Å²) in [6.07, 6.45) is -1.76. The van der Waals surface area contributed by atoms with Crippen molar-refractivity contribution in [2.75, 3.05) is 18.0 Å². The minimum atomic E-state index is -4.21. The zero-order valence-electron chi connectivity index (χ0n) is 17.4. The predicted octanol–water partition coefficient (Wildman–Crippen LogP) is 5.25. The van der Waals surface area contributed by atoms with Gasteiger partial charge in [-0.2, -0.15) is 13.2 Å². The molecule has 4 nitrogen and oxygen atoms in total. The fourth-order valence-corrected chi connectivity index (χ4v) is 6.12. The zero-order valence-corrected chi connectivity index (χ0v) is 18.2. The molecule has 1 saturated heterocycles. The van der Waals surface area contributed by atoms with E-state index >= 15 is 0 Å². The highest BCUT2D eigenvalue weighted by Crippen LogP contribution is 2.49. The monoisotopic (exact) mass is 446 g/mol. The Bertz CT molecular complexity index is 1070. The Labute approximate surface area is 183 Å². The third-order valence-electron chi connectivity index (χ3n) is 6.44. The van der Waals surface area contributed by atoms with E-state index in [2.05, 4.69) is 44.5 Å². The SMILES string of the molecule is Cc1nc(N2CCC3(CC(NCc4ccccc4)C3)C2)c2cc(CC(F)(F)F)sc2n1. The van der Waals surface area contributed by atoms with Crippen molar-refractivity contribution in [3.05, 3.63) is 52.7 Å². The fourth-order valence-electron chi connectivity index (χ4n) is 5.02. The quantitative estimate of drug-likeness (QED) is 0.581. The van der Waals surface area contributed by atoms with Crippen LogP contribution in [0.15, 0.2) is 36.4 Å². The summed E-state index contributed by atoms with van der Waals surface area (Å²) >= 11 is 1.13. The molecule has 1 spiro atoms. The molecule has 0 radical (unpaired) electrons. The zero-order chi connectivity index (χ0) is 21.6. The summed E-state index contributed by atoms with van der Waals surface area (Å²) in [5.74, 6) is 1.41. The molecule has 1 saturated carbocycles. The van der Waals surface area contributed by atoms with Crippen LogP contribution in [0.5, 0.6) is 0 Å². The van der Waals surface area contributed by atoms with E-state index in [9.17, 15) is 13.2 Å². The van der Waals surface area contributed by atoms with Crippen molar-refractivity contribution in [2.24, 2.45) is 5.41 Å². The second-order valence-corrected chi connectivity index (χ2v) is 10.1. The van der Waals surface area contributed by atoms with Crippen LogP contribution in [0, 0.1) is 12.3 Å². The van der Waals surface area contributed by atoms with Crippen LogP contribution < -0.4 is 10.2 Å². The number of alkyl halides is 3. The Hall–Kier alpha value is -2.19. The molecule has 8 heteroatoms. The average molecular weight is 447 g/mol. The number of benzene rings is 1. The highest BCUT2D eigenvalue weighted by atomic mass is 32.1. The number of halogens is 3. The van der Waals surface area contributed by atoms with Crippen molar-refractivity contribution in [2.45, 2.75) is 51.4 Å². The van der Waals surface area contributed by atoms with Crippen LogP contribution >= 0.6 is 11.3 Å². The first kappa shape index (κ1) is 20.7. The van der Waals surface area contributed by atoms with Crippen LogP contribution in [0.2, 0.25) is 0 Å². The summed E-state index contributed by atoms with van der Waals surface area (Å²) in [4.78, 5) is 12.2. The highest BCUT2D eigenvalue weighted by molar-refractivity contribution is 7.18. The number of hydrogen-bond donors (Lipinski definition) is 1. The first-order chi connectivity index (χ1) is 14.8. The maximum atomic E-state index is 12.9. The number of aromatic nitrogens is 2. The molecule has 2 aromatic heterocycles. The Morgan fingerprint density at radius 3 is 2.71 bits per heavy atom. The van der Waals surface area contributed by atoms with Gasteiger partial charge in [-0.25, -0.2) is 9.97 Å². The van der Waals surface area contributed by atoms with Gasteiger partial charge in [0.05, 0.1) is 11.8 Å². The number of aryl methyl sites for hydroxylation is 1. The Morgan fingerprint density at radius 1 is 1.19 bits per heavy atom. The van der Waals surface area contributed by atoms with Crippen LogP contribution in [0.1, 0.15) is 35.5 Å². The standard InChI is InChI=1S/C23H25F3N4S/c1-15-28-20(19-9-18(12-23(24,25)26)31-21(19)29-15)30-8-7-22(14-30)10-17(11-22)27-13-16-5-3-2-4-6-16/h2-6,9,17,27H,7-8,10-14H2,1H3. The number of thiophene rings is 1. The normalized spacial score (nSPS) is 23.6. The van der Waals surface area contributed by atoms with Gasteiger partial charge < -0.3 is 10.2 Å². The topological polar surface area (TPSA) is 41.1 Å². The van der Waals surface area contributed by atoms with E-state index in [0.717, 1.165) is 61.4 Å².